The van der Waals surface area contributed by atoms with E-state index < -0.39 is 20.0 Å². The summed E-state index contributed by atoms with van der Waals surface area (Å²) in [6.07, 6.45) is 69.4. The fourth-order valence-corrected chi connectivity index (χ4v) is 8.01. The number of aliphatic hydroxyl groups excluding tert-OH is 1. The summed E-state index contributed by atoms with van der Waals surface area (Å²) in [7, 11) is 1.51. The van der Waals surface area contributed by atoms with Gasteiger partial charge in [-0.1, -0.05) is 214 Å². The van der Waals surface area contributed by atoms with Crippen molar-refractivity contribution in [1.82, 2.24) is 5.32 Å². The minimum absolute atomic E-state index is 0.0414. The number of hydrogen-bond acceptors (Lipinski definition) is 5. The highest BCUT2D eigenvalue weighted by atomic mass is 31.2. The number of nitrogens with zero attached hydrogens (tertiary/aromatic N) is 1. The molecule has 3 N–H and O–H groups in total. The minimum Gasteiger partial charge on any atom is -0.387 e. The first-order chi connectivity index (χ1) is 32.5. The molecule has 8 nitrogen and oxygen atoms in total. The summed E-state index contributed by atoms with van der Waals surface area (Å²) in [6, 6.07) is -0.894. The summed E-state index contributed by atoms with van der Waals surface area (Å²) in [5.41, 5.74) is 0. The molecule has 0 aliphatic heterocycles. The van der Waals surface area contributed by atoms with E-state index in [1.54, 1.807) is 6.08 Å². The fourth-order valence-electron chi connectivity index (χ4n) is 7.28. The first-order valence-corrected chi connectivity index (χ1v) is 28.6. The van der Waals surface area contributed by atoms with Crippen LogP contribution in [0.25, 0.3) is 0 Å². The van der Waals surface area contributed by atoms with Crippen LogP contribution in [0.4, 0.5) is 0 Å². The quantitative estimate of drug-likeness (QED) is 0.0243. The van der Waals surface area contributed by atoms with Gasteiger partial charge < -0.3 is 19.8 Å². The van der Waals surface area contributed by atoms with Crippen molar-refractivity contribution >= 4 is 13.7 Å². The van der Waals surface area contributed by atoms with E-state index in [1.165, 1.54) is 109 Å². The van der Waals surface area contributed by atoms with Gasteiger partial charge in [-0.2, -0.15) is 0 Å². The lowest BCUT2D eigenvalue weighted by Gasteiger charge is -2.25. The van der Waals surface area contributed by atoms with E-state index in [-0.39, 0.29) is 19.1 Å². The van der Waals surface area contributed by atoms with Crippen LogP contribution in [0.3, 0.4) is 0 Å². The minimum atomic E-state index is -4.37. The first kappa shape index (κ1) is 64.4. The Balaban J connectivity index is 4.41. The number of phosphoric acid groups is 1. The molecule has 0 heterocycles. The predicted octanol–water partition coefficient (Wildman–Crippen LogP) is 16.3. The van der Waals surface area contributed by atoms with Gasteiger partial charge in [-0.3, -0.25) is 13.8 Å². The monoisotopic (exact) mass is 956 g/mol. The van der Waals surface area contributed by atoms with E-state index in [0.29, 0.717) is 23.9 Å². The van der Waals surface area contributed by atoms with Crippen LogP contribution in [0.2, 0.25) is 0 Å². The topological polar surface area (TPSA) is 105 Å². The summed E-state index contributed by atoms with van der Waals surface area (Å²) >= 11 is 0. The van der Waals surface area contributed by atoms with E-state index in [1.807, 2.05) is 27.2 Å². The third kappa shape index (κ3) is 51.1. The Kier molecular flexibility index (Phi) is 46.6. The lowest BCUT2D eigenvalue weighted by molar-refractivity contribution is -0.870. The maximum Gasteiger partial charge on any atom is 0.472 e. The van der Waals surface area contributed by atoms with Gasteiger partial charge in [0.2, 0.25) is 5.91 Å². The molecule has 0 rings (SSSR count). The van der Waals surface area contributed by atoms with E-state index in [0.717, 1.165) is 77.0 Å². The van der Waals surface area contributed by atoms with Crippen LogP contribution < -0.4 is 5.32 Å². The lowest BCUT2D eigenvalue weighted by atomic mass is 10.0. The number of rotatable bonds is 48. The Hall–Kier alpha value is -2.58. The molecule has 67 heavy (non-hydrogen) atoms. The molecule has 0 radical (unpaired) electrons. The third-order valence-corrected chi connectivity index (χ3v) is 12.5. The van der Waals surface area contributed by atoms with Gasteiger partial charge in [-0.15, -0.1) is 0 Å². The number of nitrogens with one attached hydrogen (secondary N) is 1. The smallest absolute Gasteiger partial charge is 0.387 e. The average molecular weight is 956 g/mol. The molecule has 0 fully saturated rings. The van der Waals surface area contributed by atoms with Crippen molar-refractivity contribution in [3.05, 3.63) is 97.2 Å². The lowest BCUT2D eigenvalue weighted by Crippen LogP contribution is -2.45. The average Bonchev–Trinajstić information content (AvgIpc) is 3.29. The van der Waals surface area contributed by atoms with Gasteiger partial charge in [0.1, 0.15) is 13.2 Å². The molecule has 0 bridgehead atoms. The number of phosphoric ester groups is 1. The highest BCUT2D eigenvalue weighted by Gasteiger charge is 2.27. The molecule has 386 valence electrons. The molecule has 0 aromatic heterocycles. The van der Waals surface area contributed by atoms with Gasteiger partial charge >= 0.3 is 7.82 Å². The molecule has 0 spiro atoms. The van der Waals surface area contributed by atoms with Crippen LogP contribution in [0, 0.1) is 0 Å². The number of unbranched alkanes of at least 4 members (excludes halogenated alkanes) is 21. The number of carbonyl (C=O) groups is 1. The summed E-state index contributed by atoms with van der Waals surface area (Å²) in [5, 5.41) is 13.9. The second-order valence-corrected chi connectivity index (χ2v) is 20.7. The van der Waals surface area contributed by atoms with Crippen molar-refractivity contribution in [2.75, 3.05) is 40.9 Å². The number of amides is 1. The normalized spacial score (nSPS) is 14.8. The zero-order valence-corrected chi connectivity index (χ0v) is 44.8. The second kappa shape index (κ2) is 48.4. The number of allylic oxidation sites excluding steroid dienone is 15. The van der Waals surface area contributed by atoms with Crippen LogP contribution in [0.5, 0.6) is 0 Å². The fraction of sp³-hybridized carbons (Fsp3) is 0.707. The number of likely N-dealkylation sites (N-methyl/N-ethyl adjacent to an activating group) is 1. The Morgan fingerprint density at radius 1 is 0.522 bits per heavy atom. The van der Waals surface area contributed by atoms with Crippen molar-refractivity contribution in [3.63, 3.8) is 0 Å². The Morgan fingerprint density at radius 3 is 1.37 bits per heavy atom. The summed E-state index contributed by atoms with van der Waals surface area (Å²) in [4.78, 5) is 23.2. The number of quaternary nitrogens is 1. The van der Waals surface area contributed by atoms with Gasteiger partial charge in [0.05, 0.1) is 39.9 Å². The van der Waals surface area contributed by atoms with E-state index >= 15 is 0 Å². The number of aliphatic hydroxyl groups is 1. The SMILES string of the molecule is CC/C=C\C/C=C\C/C=C\C/C=C\C/C=C\CCCCCC(=O)NC(COP(=O)(O)OCC[N+](C)(C)C)C(O)/C=C/CC/C=C/CC/C=C/CCCCCCCCCCCCCCCCCC. The molecule has 3 unspecified atom stereocenters. The van der Waals surface area contributed by atoms with E-state index in [2.05, 4.69) is 104 Å². The van der Waals surface area contributed by atoms with E-state index in [9.17, 15) is 19.4 Å². The molecule has 0 aromatic carbocycles. The van der Waals surface area contributed by atoms with Crippen molar-refractivity contribution in [1.29, 1.82) is 0 Å². The molecule has 0 aliphatic rings. The molecule has 9 heteroatoms. The number of hydrogen-bond donors (Lipinski definition) is 3. The molecule has 0 saturated heterocycles. The van der Waals surface area contributed by atoms with Crippen LogP contribution >= 0.6 is 7.82 Å². The molecule has 1 amide bonds. The molecule has 0 aromatic rings. The zero-order valence-electron chi connectivity index (χ0n) is 43.9. The molecule has 0 aliphatic carbocycles. The first-order valence-electron chi connectivity index (χ1n) is 27.1. The maximum atomic E-state index is 12.9. The van der Waals surface area contributed by atoms with Crippen LogP contribution in [0.1, 0.15) is 213 Å². The van der Waals surface area contributed by atoms with Crippen molar-refractivity contribution < 1.29 is 32.9 Å². The summed E-state index contributed by atoms with van der Waals surface area (Å²) in [5.74, 6) is -0.225. The van der Waals surface area contributed by atoms with E-state index in [4.69, 9.17) is 9.05 Å². The summed E-state index contributed by atoms with van der Waals surface area (Å²) in [6.45, 7) is 4.64. The third-order valence-electron chi connectivity index (χ3n) is 11.5. The van der Waals surface area contributed by atoms with Crippen LogP contribution in [-0.2, 0) is 18.4 Å². The van der Waals surface area contributed by atoms with Crippen LogP contribution in [-0.4, -0.2) is 73.4 Å². The van der Waals surface area contributed by atoms with Gasteiger partial charge in [0, 0.05) is 6.42 Å². The zero-order chi connectivity index (χ0) is 49.2. The standard InChI is InChI=1S/C58H103N2O6P/c1-6-8-10-12-14-16-18-20-22-24-26-27-28-29-30-31-32-34-35-37-39-41-43-45-47-49-51-57(61)56(55-66-67(63,64)65-54-53-60(3,4)5)59-58(62)52-50-48-46-44-42-40-38-36-33-25-23-21-19-17-15-13-11-9-7-2/h9,11,15,17,21,23,33-36,40-43,49,51,56-57,61H,6-8,10,12-14,16,18-20,22,24-32,37-39,44-48,50,52-55H2,1-5H3,(H-,59,62,63,64)/p+1/b11-9-,17-15-,23-21-,35-34+,36-33-,42-40-,43-41+,51-49+. The van der Waals surface area contributed by atoms with Crippen molar-refractivity contribution in [2.45, 2.75) is 225 Å². The molecule has 0 saturated carbocycles. The van der Waals surface area contributed by atoms with Crippen LogP contribution in [0.15, 0.2) is 97.2 Å². The van der Waals surface area contributed by atoms with Gasteiger partial charge in [-0.25, -0.2) is 4.57 Å². The molecular weight excluding hydrogens is 852 g/mol. The Bertz CT molecular complexity index is 1410. The Labute approximate surface area is 413 Å². The van der Waals surface area contributed by atoms with Crippen molar-refractivity contribution in [3.8, 4) is 0 Å². The van der Waals surface area contributed by atoms with Gasteiger partial charge in [0.25, 0.3) is 0 Å². The Morgan fingerprint density at radius 2 is 0.910 bits per heavy atom. The highest BCUT2D eigenvalue weighted by Crippen LogP contribution is 2.43. The van der Waals surface area contributed by atoms with Gasteiger partial charge in [-0.05, 0) is 89.9 Å². The largest absolute Gasteiger partial charge is 0.472 e. The highest BCUT2D eigenvalue weighted by molar-refractivity contribution is 7.47. The molecule has 3 atom stereocenters. The van der Waals surface area contributed by atoms with Gasteiger partial charge in [0.15, 0.2) is 0 Å². The van der Waals surface area contributed by atoms with Crippen molar-refractivity contribution in [2.24, 2.45) is 0 Å². The molecular formula is C58H104N2O6P+. The summed E-state index contributed by atoms with van der Waals surface area (Å²) < 4.78 is 23.6. The second-order valence-electron chi connectivity index (χ2n) is 19.2. The number of carbonyl (C=O) groups excluding carboxylic acids is 1. The predicted molar refractivity (Wildman–Crippen MR) is 290 cm³/mol. The maximum absolute atomic E-state index is 12.9.